The van der Waals surface area contributed by atoms with E-state index < -0.39 is 0 Å². The number of carbonyl (C=O) groups excluding carboxylic acids is 1. The minimum atomic E-state index is -0.124. The second kappa shape index (κ2) is 6.47. The fourth-order valence-corrected chi connectivity index (χ4v) is 1.65. The third-order valence-corrected chi connectivity index (χ3v) is 2.80. The lowest BCUT2D eigenvalue weighted by molar-refractivity contribution is 0.0780. The van der Waals surface area contributed by atoms with Gasteiger partial charge in [0.25, 0.3) is 5.91 Å². The van der Waals surface area contributed by atoms with Crippen molar-refractivity contribution in [2.45, 2.75) is 6.42 Å². The van der Waals surface area contributed by atoms with Crippen LogP contribution in [-0.2, 0) is 4.74 Å². The zero-order chi connectivity index (χ0) is 12.8. The van der Waals surface area contributed by atoms with Crippen LogP contribution in [0.1, 0.15) is 16.8 Å². The molecular weight excluding hydrogens is 240 g/mol. The number of hydrogen-bond donors (Lipinski definition) is 1. The highest BCUT2D eigenvalue weighted by Crippen LogP contribution is 2.23. The van der Waals surface area contributed by atoms with Gasteiger partial charge < -0.3 is 15.4 Å². The Morgan fingerprint density at radius 2 is 2.24 bits per heavy atom. The van der Waals surface area contributed by atoms with Crippen molar-refractivity contribution in [2.75, 3.05) is 33.0 Å². The van der Waals surface area contributed by atoms with Crippen molar-refractivity contribution in [1.29, 1.82) is 0 Å². The van der Waals surface area contributed by atoms with Crippen LogP contribution in [0.25, 0.3) is 0 Å². The van der Waals surface area contributed by atoms with Gasteiger partial charge in [0.15, 0.2) is 0 Å². The lowest BCUT2D eigenvalue weighted by atomic mass is 10.1. The Morgan fingerprint density at radius 3 is 2.88 bits per heavy atom. The number of ether oxygens (including phenoxy) is 1. The number of anilines is 1. The van der Waals surface area contributed by atoms with Crippen molar-refractivity contribution in [3.8, 4) is 0 Å². The SMILES string of the molecule is COCCCN(C)C(=O)c1cccc(Cl)c1N. The van der Waals surface area contributed by atoms with Gasteiger partial charge in [-0.05, 0) is 18.6 Å². The molecule has 17 heavy (non-hydrogen) atoms. The molecule has 5 heteroatoms. The van der Waals surface area contributed by atoms with Gasteiger partial charge in [0.1, 0.15) is 0 Å². The second-order valence-electron chi connectivity index (χ2n) is 3.77. The number of carbonyl (C=O) groups is 1. The number of hydrogen-bond acceptors (Lipinski definition) is 3. The Bertz CT molecular complexity index is 396. The number of nitrogens with zero attached hydrogens (tertiary/aromatic N) is 1. The number of benzene rings is 1. The van der Waals surface area contributed by atoms with Crippen molar-refractivity contribution in [1.82, 2.24) is 4.90 Å². The van der Waals surface area contributed by atoms with Crippen LogP contribution in [-0.4, -0.2) is 38.1 Å². The number of nitrogens with two attached hydrogens (primary N) is 1. The predicted molar refractivity (Wildman–Crippen MR) is 69.3 cm³/mol. The fourth-order valence-electron chi connectivity index (χ4n) is 1.48. The molecule has 1 amide bonds. The molecule has 0 unspecified atom stereocenters. The van der Waals surface area contributed by atoms with Gasteiger partial charge in [-0.2, -0.15) is 0 Å². The lowest BCUT2D eigenvalue weighted by Gasteiger charge is -2.18. The molecule has 0 saturated heterocycles. The van der Waals surface area contributed by atoms with E-state index in [0.29, 0.717) is 29.4 Å². The predicted octanol–water partition coefficient (Wildman–Crippen LogP) is 2.03. The molecule has 0 atom stereocenters. The number of amides is 1. The summed E-state index contributed by atoms with van der Waals surface area (Å²) in [5, 5.41) is 0.404. The third-order valence-electron chi connectivity index (χ3n) is 2.47. The first kappa shape index (κ1) is 13.8. The van der Waals surface area contributed by atoms with Gasteiger partial charge >= 0.3 is 0 Å². The molecule has 4 nitrogen and oxygen atoms in total. The standard InChI is InChI=1S/C12H17ClN2O2/c1-15(7-4-8-17-2)12(16)9-5-3-6-10(13)11(9)14/h3,5-6H,4,7-8,14H2,1-2H3. The van der Waals surface area contributed by atoms with E-state index in [4.69, 9.17) is 22.1 Å². The normalized spacial score (nSPS) is 10.3. The molecule has 0 aliphatic carbocycles. The zero-order valence-electron chi connectivity index (χ0n) is 10.1. The van der Waals surface area contributed by atoms with Crippen molar-refractivity contribution < 1.29 is 9.53 Å². The highest BCUT2D eigenvalue weighted by molar-refractivity contribution is 6.33. The summed E-state index contributed by atoms with van der Waals surface area (Å²) in [7, 11) is 3.37. The molecule has 1 aromatic rings. The Morgan fingerprint density at radius 1 is 1.53 bits per heavy atom. The summed E-state index contributed by atoms with van der Waals surface area (Å²) < 4.78 is 4.94. The van der Waals surface area contributed by atoms with Crippen molar-refractivity contribution in [2.24, 2.45) is 0 Å². The number of halogens is 1. The molecule has 0 saturated carbocycles. The monoisotopic (exact) mass is 256 g/mol. The number of nitrogen functional groups attached to an aromatic ring is 1. The highest BCUT2D eigenvalue weighted by atomic mass is 35.5. The smallest absolute Gasteiger partial charge is 0.255 e. The summed E-state index contributed by atoms with van der Waals surface area (Å²) in [6.45, 7) is 1.25. The summed E-state index contributed by atoms with van der Waals surface area (Å²) in [5.41, 5.74) is 6.55. The van der Waals surface area contributed by atoms with Crippen molar-refractivity contribution >= 4 is 23.2 Å². The minimum absolute atomic E-state index is 0.124. The summed E-state index contributed by atoms with van der Waals surface area (Å²) >= 11 is 5.87. The van der Waals surface area contributed by atoms with Crippen LogP contribution >= 0.6 is 11.6 Å². The van der Waals surface area contributed by atoms with Crippen LogP contribution in [0.5, 0.6) is 0 Å². The Labute approximate surface area is 106 Å². The molecule has 0 aliphatic heterocycles. The summed E-state index contributed by atoms with van der Waals surface area (Å²) in [5.74, 6) is -0.124. The Kier molecular flexibility index (Phi) is 5.25. The number of methoxy groups -OCH3 is 1. The average molecular weight is 257 g/mol. The summed E-state index contributed by atoms with van der Waals surface area (Å²) in [4.78, 5) is 13.7. The first-order chi connectivity index (χ1) is 8.07. The minimum Gasteiger partial charge on any atom is -0.397 e. The van der Waals surface area contributed by atoms with Crippen LogP contribution in [0, 0.1) is 0 Å². The van der Waals surface area contributed by atoms with E-state index in [1.54, 1.807) is 37.3 Å². The van der Waals surface area contributed by atoms with Gasteiger partial charge in [0.2, 0.25) is 0 Å². The second-order valence-corrected chi connectivity index (χ2v) is 4.18. The Balaban J connectivity index is 2.71. The van der Waals surface area contributed by atoms with Crippen LogP contribution in [0.3, 0.4) is 0 Å². The molecule has 0 heterocycles. The fraction of sp³-hybridized carbons (Fsp3) is 0.417. The first-order valence-electron chi connectivity index (χ1n) is 5.36. The van der Waals surface area contributed by atoms with Gasteiger partial charge in [-0.1, -0.05) is 17.7 Å². The van der Waals surface area contributed by atoms with E-state index in [9.17, 15) is 4.79 Å². The lowest BCUT2D eigenvalue weighted by Crippen LogP contribution is -2.29. The Hall–Kier alpha value is -1.26. The topological polar surface area (TPSA) is 55.6 Å². The molecular formula is C12H17ClN2O2. The summed E-state index contributed by atoms with van der Waals surface area (Å²) in [6, 6.07) is 5.06. The molecule has 0 fully saturated rings. The third kappa shape index (κ3) is 3.61. The quantitative estimate of drug-likeness (QED) is 0.648. The van der Waals surface area contributed by atoms with Gasteiger partial charge in [0.05, 0.1) is 16.3 Å². The van der Waals surface area contributed by atoms with Gasteiger partial charge in [-0.3, -0.25) is 4.79 Å². The zero-order valence-corrected chi connectivity index (χ0v) is 10.8. The van der Waals surface area contributed by atoms with E-state index in [2.05, 4.69) is 0 Å². The maximum Gasteiger partial charge on any atom is 0.255 e. The largest absolute Gasteiger partial charge is 0.397 e. The van der Waals surface area contributed by atoms with E-state index in [1.807, 2.05) is 0 Å². The number of rotatable bonds is 5. The molecule has 2 N–H and O–H groups in total. The van der Waals surface area contributed by atoms with E-state index >= 15 is 0 Å². The number of para-hydroxylation sites is 1. The molecule has 0 aromatic heterocycles. The van der Waals surface area contributed by atoms with Crippen molar-refractivity contribution in [3.63, 3.8) is 0 Å². The maximum absolute atomic E-state index is 12.1. The molecule has 1 aromatic carbocycles. The van der Waals surface area contributed by atoms with E-state index in [0.717, 1.165) is 6.42 Å². The molecule has 94 valence electrons. The summed E-state index contributed by atoms with van der Waals surface area (Å²) in [6.07, 6.45) is 0.791. The molecule has 0 radical (unpaired) electrons. The first-order valence-corrected chi connectivity index (χ1v) is 5.74. The molecule has 0 spiro atoms. The van der Waals surface area contributed by atoms with Crippen LogP contribution in [0.2, 0.25) is 5.02 Å². The van der Waals surface area contributed by atoms with Gasteiger partial charge in [-0.25, -0.2) is 0 Å². The van der Waals surface area contributed by atoms with E-state index in [1.165, 1.54) is 0 Å². The molecule has 0 aliphatic rings. The van der Waals surface area contributed by atoms with E-state index in [-0.39, 0.29) is 5.91 Å². The highest BCUT2D eigenvalue weighted by Gasteiger charge is 2.15. The van der Waals surface area contributed by atoms with Crippen molar-refractivity contribution in [3.05, 3.63) is 28.8 Å². The van der Waals surface area contributed by atoms with Gasteiger partial charge in [-0.15, -0.1) is 0 Å². The molecule has 1 rings (SSSR count). The van der Waals surface area contributed by atoms with Crippen LogP contribution in [0.15, 0.2) is 18.2 Å². The maximum atomic E-state index is 12.1. The van der Waals surface area contributed by atoms with Crippen LogP contribution < -0.4 is 5.73 Å². The molecule has 0 bridgehead atoms. The van der Waals surface area contributed by atoms with Gasteiger partial charge in [0, 0.05) is 27.3 Å². The van der Waals surface area contributed by atoms with Crippen LogP contribution in [0.4, 0.5) is 5.69 Å². The average Bonchev–Trinajstić information content (AvgIpc) is 2.32.